The summed E-state index contributed by atoms with van der Waals surface area (Å²) in [5, 5.41) is 3.07. The number of fused-ring (bicyclic) bond motifs is 1. The highest BCUT2D eigenvalue weighted by Gasteiger charge is 2.55. The Morgan fingerprint density at radius 1 is 1.43 bits per heavy atom. The lowest BCUT2D eigenvalue weighted by molar-refractivity contribution is -0.133. The first kappa shape index (κ1) is 20.5. The molecule has 3 heterocycles. The molecule has 28 heavy (non-hydrogen) atoms. The normalized spacial score (nSPS) is 24.1. The van der Waals surface area contributed by atoms with Gasteiger partial charge in [-0.15, -0.1) is 0 Å². The molecule has 3 rings (SSSR count). The van der Waals surface area contributed by atoms with Crippen molar-refractivity contribution in [2.75, 3.05) is 54.1 Å². The summed E-state index contributed by atoms with van der Waals surface area (Å²) in [5.74, 6) is 0.653. The number of carbonyl (C=O) groups excluding carboxylic acids is 2. The molecule has 0 saturated carbocycles. The number of aryl methyl sites for hydroxylation is 2. The molecule has 2 aliphatic heterocycles. The van der Waals surface area contributed by atoms with Gasteiger partial charge in [0.1, 0.15) is 0 Å². The highest BCUT2D eigenvalue weighted by atomic mass is 16.5. The molecular weight excluding hydrogens is 360 g/mol. The molecule has 0 spiro atoms. The third kappa shape index (κ3) is 3.84. The molecule has 2 saturated heterocycles. The summed E-state index contributed by atoms with van der Waals surface area (Å²) in [6.45, 7) is 6.75. The molecule has 1 aromatic heterocycles. The highest BCUT2D eigenvalue weighted by molar-refractivity contribution is 5.85. The number of methoxy groups -OCH3 is 1. The van der Waals surface area contributed by atoms with Gasteiger partial charge < -0.3 is 19.7 Å². The quantitative estimate of drug-likeness (QED) is 0.755. The zero-order chi connectivity index (χ0) is 20.5. The van der Waals surface area contributed by atoms with Gasteiger partial charge in [0.15, 0.2) is 0 Å². The summed E-state index contributed by atoms with van der Waals surface area (Å²) in [6, 6.07) is 1.98. The fourth-order valence-electron chi connectivity index (χ4n) is 4.17. The lowest BCUT2D eigenvalue weighted by atomic mass is 9.80. The van der Waals surface area contributed by atoms with E-state index in [9.17, 15) is 9.59 Å². The van der Waals surface area contributed by atoms with E-state index in [1.54, 1.807) is 26.1 Å². The van der Waals surface area contributed by atoms with Crippen LogP contribution in [-0.2, 0) is 20.9 Å². The van der Waals surface area contributed by atoms with Crippen molar-refractivity contribution in [3.05, 3.63) is 22.9 Å². The number of aromatic nitrogens is 1. The second kappa shape index (κ2) is 8.05. The topological polar surface area (TPSA) is 84.0 Å². The summed E-state index contributed by atoms with van der Waals surface area (Å²) < 4.78 is 11.0. The van der Waals surface area contributed by atoms with Crippen LogP contribution >= 0.6 is 0 Å². The van der Waals surface area contributed by atoms with E-state index in [1.807, 2.05) is 19.9 Å². The zero-order valence-electron chi connectivity index (χ0n) is 17.4. The van der Waals surface area contributed by atoms with E-state index < -0.39 is 5.41 Å². The van der Waals surface area contributed by atoms with Crippen LogP contribution in [0.25, 0.3) is 0 Å². The van der Waals surface area contributed by atoms with E-state index in [4.69, 9.17) is 9.47 Å². The number of nitrogens with one attached hydrogen (secondary N) is 1. The van der Waals surface area contributed by atoms with Gasteiger partial charge in [-0.3, -0.25) is 14.5 Å². The Kier molecular flexibility index (Phi) is 5.90. The van der Waals surface area contributed by atoms with Crippen LogP contribution in [0.3, 0.4) is 0 Å². The Balaban J connectivity index is 1.71. The van der Waals surface area contributed by atoms with Crippen molar-refractivity contribution in [2.45, 2.75) is 20.4 Å². The van der Waals surface area contributed by atoms with Gasteiger partial charge in [-0.05, 0) is 25.5 Å². The number of carbonyl (C=O) groups is 2. The number of hydrogen-bond donors (Lipinski definition) is 1. The number of likely N-dealkylation sites (N-methyl/N-ethyl adjacent to an activating group) is 1. The van der Waals surface area contributed by atoms with E-state index in [2.05, 4.69) is 15.2 Å². The minimum absolute atomic E-state index is 0.0307. The molecule has 2 atom stereocenters. The smallest absolute Gasteiger partial charge is 0.236 e. The van der Waals surface area contributed by atoms with E-state index >= 15 is 0 Å². The van der Waals surface area contributed by atoms with E-state index in [0.717, 1.165) is 16.8 Å². The molecular formula is C20H30N4O4. The van der Waals surface area contributed by atoms with Crippen LogP contribution in [0.5, 0.6) is 5.88 Å². The molecule has 2 amide bonds. The van der Waals surface area contributed by atoms with Crippen molar-refractivity contribution >= 4 is 11.8 Å². The average Bonchev–Trinajstić information content (AvgIpc) is 3.17. The highest BCUT2D eigenvalue weighted by Crippen LogP contribution is 2.41. The SMILES string of the molecule is COc1nc(C)cc(C)c1CNC(=O)[C@]12COC[C@H]1CN(CC(=O)N(C)C)C2. The maximum absolute atomic E-state index is 13.2. The van der Waals surface area contributed by atoms with Crippen molar-refractivity contribution in [3.8, 4) is 5.88 Å². The standard InChI is InChI=1S/C20H30N4O4/c1-13-6-14(2)22-18(27-5)16(13)7-21-19(26)20-11-24(9-17(25)23(3)4)8-15(20)10-28-12-20/h6,15H,7-12H2,1-5H3,(H,21,26)/t15-,20-/m1/s1. The fraction of sp³-hybridized carbons (Fsp3) is 0.650. The summed E-state index contributed by atoms with van der Waals surface area (Å²) >= 11 is 0. The van der Waals surface area contributed by atoms with Crippen LogP contribution in [0.15, 0.2) is 6.07 Å². The Morgan fingerprint density at radius 3 is 2.86 bits per heavy atom. The minimum Gasteiger partial charge on any atom is -0.481 e. The molecule has 0 bridgehead atoms. The van der Waals surface area contributed by atoms with Crippen molar-refractivity contribution in [1.82, 2.24) is 20.1 Å². The molecule has 154 valence electrons. The number of hydrogen-bond acceptors (Lipinski definition) is 6. The fourth-order valence-corrected chi connectivity index (χ4v) is 4.17. The molecule has 8 nitrogen and oxygen atoms in total. The number of pyridine rings is 1. The number of likely N-dealkylation sites (tertiary alicyclic amines) is 1. The molecule has 0 aliphatic carbocycles. The van der Waals surface area contributed by atoms with Crippen LogP contribution < -0.4 is 10.1 Å². The van der Waals surface area contributed by atoms with E-state index in [1.165, 1.54) is 0 Å². The summed E-state index contributed by atoms with van der Waals surface area (Å²) in [6.07, 6.45) is 0. The number of ether oxygens (including phenoxy) is 2. The lowest BCUT2D eigenvalue weighted by Crippen LogP contribution is -2.47. The van der Waals surface area contributed by atoms with Gasteiger partial charge >= 0.3 is 0 Å². The van der Waals surface area contributed by atoms with Crippen LogP contribution in [0.4, 0.5) is 0 Å². The summed E-state index contributed by atoms with van der Waals surface area (Å²) in [4.78, 5) is 33.3. The van der Waals surface area contributed by atoms with Crippen LogP contribution in [-0.4, -0.2) is 80.7 Å². The second-order valence-electron chi connectivity index (χ2n) is 8.08. The summed E-state index contributed by atoms with van der Waals surface area (Å²) in [7, 11) is 5.08. The molecule has 0 unspecified atom stereocenters. The predicted molar refractivity (Wildman–Crippen MR) is 104 cm³/mol. The Hall–Kier alpha value is -2.19. The van der Waals surface area contributed by atoms with Crippen molar-refractivity contribution in [2.24, 2.45) is 11.3 Å². The van der Waals surface area contributed by atoms with Gasteiger partial charge in [0.05, 0.1) is 32.3 Å². The van der Waals surface area contributed by atoms with Gasteiger partial charge in [0, 0.05) is 50.9 Å². The molecule has 2 fully saturated rings. The third-order valence-electron chi connectivity index (χ3n) is 5.81. The monoisotopic (exact) mass is 390 g/mol. The van der Waals surface area contributed by atoms with Gasteiger partial charge in [0.2, 0.25) is 17.7 Å². The molecule has 0 aromatic carbocycles. The van der Waals surface area contributed by atoms with Crippen LogP contribution in [0.1, 0.15) is 16.8 Å². The molecule has 2 aliphatic rings. The van der Waals surface area contributed by atoms with Crippen molar-refractivity contribution in [3.63, 3.8) is 0 Å². The van der Waals surface area contributed by atoms with E-state index in [-0.39, 0.29) is 17.7 Å². The van der Waals surface area contributed by atoms with Crippen molar-refractivity contribution < 1.29 is 19.1 Å². The Bertz CT molecular complexity index is 767. The maximum Gasteiger partial charge on any atom is 0.236 e. The number of amides is 2. The van der Waals surface area contributed by atoms with E-state index in [0.29, 0.717) is 45.3 Å². The third-order valence-corrected chi connectivity index (χ3v) is 5.81. The first-order valence-electron chi connectivity index (χ1n) is 9.56. The van der Waals surface area contributed by atoms with Gasteiger partial charge in [-0.1, -0.05) is 0 Å². The predicted octanol–water partition coefficient (Wildman–Crippen LogP) is 0.360. The second-order valence-corrected chi connectivity index (χ2v) is 8.08. The average molecular weight is 390 g/mol. The Morgan fingerprint density at radius 2 is 2.18 bits per heavy atom. The Labute approximate surface area is 166 Å². The van der Waals surface area contributed by atoms with Crippen LogP contribution in [0, 0.1) is 25.2 Å². The molecule has 1 N–H and O–H groups in total. The number of nitrogens with zero attached hydrogens (tertiary/aromatic N) is 3. The van der Waals surface area contributed by atoms with Gasteiger partial charge in [-0.2, -0.15) is 0 Å². The summed E-state index contributed by atoms with van der Waals surface area (Å²) in [5.41, 5.74) is 2.19. The first-order chi connectivity index (χ1) is 13.3. The molecule has 8 heteroatoms. The van der Waals surface area contributed by atoms with Gasteiger partial charge in [-0.25, -0.2) is 4.98 Å². The van der Waals surface area contributed by atoms with Gasteiger partial charge in [0.25, 0.3) is 0 Å². The van der Waals surface area contributed by atoms with Crippen LogP contribution in [0.2, 0.25) is 0 Å². The molecule has 1 aromatic rings. The molecule has 0 radical (unpaired) electrons. The lowest BCUT2D eigenvalue weighted by Gasteiger charge is -2.26. The number of rotatable bonds is 6. The minimum atomic E-state index is -0.605. The zero-order valence-corrected chi connectivity index (χ0v) is 17.4. The first-order valence-corrected chi connectivity index (χ1v) is 9.56. The largest absolute Gasteiger partial charge is 0.481 e. The van der Waals surface area contributed by atoms with Crippen molar-refractivity contribution in [1.29, 1.82) is 0 Å². The maximum atomic E-state index is 13.2.